The van der Waals surface area contributed by atoms with Gasteiger partial charge >= 0.3 is 6.16 Å². The molecule has 1 saturated carbocycles. The lowest BCUT2D eigenvalue weighted by Gasteiger charge is -2.29. The van der Waals surface area contributed by atoms with Crippen LogP contribution in [0.15, 0.2) is 48.0 Å². The van der Waals surface area contributed by atoms with Gasteiger partial charge in [-0.25, -0.2) is 19.2 Å². The number of nitrogens with one attached hydrogen (secondary N) is 1. The van der Waals surface area contributed by atoms with Crippen molar-refractivity contribution < 1.29 is 24.1 Å². The van der Waals surface area contributed by atoms with Gasteiger partial charge in [0.25, 0.3) is 0 Å². The standard InChI is InChI=1S/C21H21ClFN3OS.CH2O3/c22-17-4-2-5-18(20(17)23)27-16-9-7-14(8-10-16)13-15-3-1-6-19(25-15)26-21-24-11-12-28-21;2-1(3)4/h1-6,11-12,14,16H,7-10,13H2,(H,24,25,26);(H2,2,3,4)/t14-,16-;. The second-order valence-electron chi connectivity index (χ2n) is 7.28. The highest BCUT2D eigenvalue weighted by molar-refractivity contribution is 7.13. The highest BCUT2D eigenvalue weighted by atomic mass is 35.5. The van der Waals surface area contributed by atoms with Crippen LogP contribution < -0.4 is 10.1 Å². The number of hydrogen-bond acceptors (Lipinski definition) is 6. The maximum Gasteiger partial charge on any atom is 0.503 e. The van der Waals surface area contributed by atoms with Crippen molar-refractivity contribution in [3.05, 3.63) is 64.5 Å². The van der Waals surface area contributed by atoms with Crippen LogP contribution >= 0.6 is 22.9 Å². The van der Waals surface area contributed by atoms with Crippen LogP contribution in [0.4, 0.5) is 20.1 Å². The molecule has 170 valence electrons. The molecule has 4 rings (SSSR count). The molecule has 0 spiro atoms. The number of anilines is 2. The molecule has 32 heavy (non-hydrogen) atoms. The second-order valence-corrected chi connectivity index (χ2v) is 8.58. The molecule has 0 amide bonds. The molecule has 1 aliphatic carbocycles. The third kappa shape index (κ3) is 7.35. The third-order valence-electron chi connectivity index (χ3n) is 4.98. The first-order valence-corrected chi connectivity index (χ1v) is 11.3. The van der Waals surface area contributed by atoms with Gasteiger partial charge in [-0.2, -0.15) is 0 Å². The molecule has 10 heteroatoms. The smallest absolute Gasteiger partial charge is 0.487 e. The average Bonchev–Trinajstić information content (AvgIpc) is 3.26. The van der Waals surface area contributed by atoms with Gasteiger partial charge in [-0.1, -0.05) is 23.7 Å². The highest BCUT2D eigenvalue weighted by Crippen LogP contribution is 2.32. The molecular formula is C22H23ClFN3O4S. The second kappa shape index (κ2) is 11.6. The van der Waals surface area contributed by atoms with E-state index in [4.69, 9.17) is 36.3 Å². The number of ether oxygens (including phenoxy) is 1. The first-order chi connectivity index (χ1) is 15.4. The van der Waals surface area contributed by atoms with Gasteiger partial charge in [-0.3, -0.25) is 0 Å². The number of pyridine rings is 1. The average molecular weight is 480 g/mol. The van der Waals surface area contributed by atoms with Gasteiger partial charge in [0.1, 0.15) is 5.82 Å². The summed E-state index contributed by atoms with van der Waals surface area (Å²) in [6, 6.07) is 10.9. The fourth-order valence-corrected chi connectivity index (χ4v) is 4.26. The summed E-state index contributed by atoms with van der Waals surface area (Å²) in [7, 11) is 0. The quantitative estimate of drug-likeness (QED) is 0.371. The molecule has 1 fully saturated rings. The molecule has 0 saturated heterocycles. The van der Waals surface area contributed by atoms with Crippen molar-refractivity contribution in [2.45, 2.75) is 38.2 Å². The van der Waals surface area contributed by atoms with Gasteiger partial charge in [-0.05, 0) is 62.3 Å². The maximum atomic E-state index is 14.0. The van der Waals surface area contributed by atoms with E-state index in [9.17, 15) is 4.39 Å². The predicted molar refractivity (Wildman–Crippen MR) is 122 cm³/mol. The Balaban J connectivity index is 0.000000668. The lowest BCUT2D eigenvalue weighted by Crippen LogP contribution is -2.25. The molecule has 0 atom stereocenters. The Morgan fingerprint density at radius 3 is 2.59 bits per heavy atom. The molecular weight excluding hydrogens is 457 g/mol. The van der Waals surface area contributed by atoms with Gasteiger partial charge in [0.05, 0.1) is 11.1 Å². The van der Waals surface area contributed by atoms with Crippen LogP contribution in [0, 0.1) is 11.7 Å². The fourth-order valence-electron chi connectivity index (χ4n) is 3.56. The van der Waals surface area contributed by atoms with E-state index in [0.29, 0.717) is 5.92 Å². The molecule has 0 aliphatic heterocycles. The minimum absolute atomic E-state index is 0.0371. The Bertz CT molecular complexity index is 1010. The number of thiazole rings is 1. The zero-order chi connectivity index (χ0) is 22.9. The Kier molecular flexibility index (Phi) is 8.64. The highest BCUT2D eigenvalue weighted by Gasteiger charge is 2.24. The Labute approximate surface area is 193 Å². The minimum atomic E-state index is -1.83. The van der Waals surface area contributed by atoms with Crippen LogP contribution in [0.3, 0.4) is 0 Å². The Hall–Kier alpha value is -2.91. The minimum Gasteiger partial charge on any atom is -0.487 e. The molecule has 2 heterocycles. The van der Waals surface area contributed by atoms with E-state index in [1.54, 1.807) is 29.7 Å². The summed E-state index contributed by atoms with van der Waals surface area (Å²) >= 11 is 7.38. The summed E-state index contributed by atoms with van der Waals surface area (Å²) in [6.45, 7) is 0. The van der Waals surface area contributed by atoms with Gasteiger partial charge in [0, 0.05) is 17.3 Å². The fraction of sp³-hybridized carbons (Fsp3) is 0.318. The lowest BCUT2D eigenvalue weighted by molar-refractivity contribution is 0.126. The number of aromatic nitrogens is 2. The number of carbonyl (C=O) groups is 1. The van der Waals surface area contributed by atoms with Crippen LogP contribution in [0.5, 0.6) is 5.75 Å². The third-order valence-corrected chi connectivity index (χ3v) is 5.96. The molecule has 3 N–H and O–H groups in total. The predicted octanol–water partition coefficient (Wildman–Crippen LogP) is 6.48. The Morgan fingerprint density at radius 1 is 1.19 bits per heavy atom. The zero-order valence-electron chi connectivity index (χ0n) is 17.1. The van der Waals surface area contributed by atoms with Crippen molar-refractivity contribution in [3.63, 3.8) is 0 Å². The molecule has 1 aliphatic rings. The van der Waals surface area contributed by atoms with Crippen molar-refractivity contribution in [3.8, 4) is 5.75 Å². The SMILES string of the molecule is Fc1c(Cl)cccc1O[C@H]1CC[C@H](Cc2cccc(Nc3nccs3)n2)CC1.O=C(O)O. The summed E-state index contributed by atoms with van der Waals surface area (Å²) in [6.07, 6.45) is 4.81. The number of carboxylic acid groups (broad SMARTS) is 2. The number of nitrogens with zero attached hydrogens (tertiary/aromatic N) is 2. The summed E-state index contributed by atoms with van der Waals surface area (Å²) in [4.78, 5) is 17.5. The Morgan fingerprint density at radius 2 is 1.91 bits per heavy atom. The van der Waals surface area contributed by atoms with Crippen molar-refractivity contribution >= 4 is 40.0 Å². The lowest BCUT2D eigenvalue weighted by atomic mass is 9.84. The van der Waals surface area contributed by atoms with E-state index in [0.717, 1.165) is 48.7 Å². The first-order valence-electron chi connectivity index (χ1n) is 10.1. The van der Waals surface area contributed by atoms with Crippen LogP contribution in [0.25, 0.3) is 0 Å². The molecule has 3 aromatic rings. The van der Waals surface area contributed by atoms with E-state index >= 15 is 0 Å². The number of rotatable bonds is 6. The van der Waals surface area contributed by atoms with E-state index < -0.39 is 12.0 Å². The number of benzene rings is 1. The van der Waals surface area contributed by atoms with E-state index in [-0.39, 0.29) is 16.9 Å². The monoisotopic (exact) mass is 479 g/mol. The molecule has 2 aromatic heterocycles. The number of halogens is 2. The summed E-state index contributed by atoms with van der Waals surface area (Å²) in [5.74, 6) is 1.16. The van der Waals surface area contributed by atoms with Crippen molar-refractivity contribution in [1.29, 1.82) is 0 Å². The van der Waals surface area contributed by atoms with Gasteiger partial charge in [0.15, 0.2) is 16.7 Å². The van der Waals surface area contributed by atoms with E-state index in [2.05, 4.69) is 16.4 Å². The van der Waals surface area contributed by atoms with Crippen molar-refractivity contribution in [1.82, 2.24) is 9.97 Å². The van der Waals surface area contributed by atoms with E-state index in [1.165, 1.54) is 6.07 Å². The van der Waals surface area contributed by atoms with Gasteiger partial charge < -0.3 is 20.3 Å². The van der Waals surface area contributed by atoms with Gasteiger partial charge in [-0.15, -0.1) is 11.3 Å². The molecule has 0 bridgehead atoms. The van der Waals surface area contributed by atoms with Crippen molar-refractivity contribution in [2.24, 2.45) is 5.92 Å². The van der Waals surface area contributed by atoms with E-state index in [1.807, 2.05) is 17.5 Å². The molecule has 1 aromatic carbocycles. The summed E-state index contributed by atoms with van der Waals surface area (Å²) in [5.41, 5.74) is 1.08. The molecule has 0 unspecified atom stereocenters. The van der Waals surface area contributed by atoms with Crippen LogP contribution in [-0.4, -0.2) is 32.4 Å². The number of hydrogen-bond donors (Lipinski definition) is 3. The first kappa shape index (κ1) is 23.7. The molecule has 0 radical (unpaired) electrons. The van der Waals surface area contributed by atoms with Crippen molar-refractivity contribution in [2.75, 3.05) is 5.32 Å². The zero-order valence-corrected chi connectivity index (χ0v) is 18.7. The van der Waals surface area contributed by atoms with Gasteiger partial charge in [0.2, 0.25) is 0 Å². The van der Waals surface area contributed by atoms with Crippen LogP contribution in [0.2, 0.25) is 5.02 Å². The topological polar surface area (TPSA) is 105 Å². The van der Waals surface area contributed by atoms with Crippen LogP contribution in [-0.2, 0) is 6.42 Å². The summed E-state index contributed by atoms with van der Waals surface area (Å²) < 4.78 is 19.9. The van der Waals surface area contributed by atoms with Crippen LogP contribution in [0.1, 0.15) is 31.4 Å². The largest absolute Gasteiger partial charge is 0.503 e. The normalized spacial score (nSPS) is 17.7. The summed E-state index contributed by atoms with van der Waals surface area (Å²) in [5, 5.41) is 20.1. The molecule has 7 nitrogen and oxygen atoms in total. The maximum absolute atomic E-state index is 14.0.